The van der Waals surface area contributed by atoms with Gasteiger partial charge in [0.2, 0.25) is 0 Å². The third-order valence-electron chi connectivity index (χ3n) is 4.08. The second-order valence-electron chi connectivity index (χ2n) is 5.28. The van der Waals surface area contributed by atoms with E-state index in [-0.39, 0.29) is 11.9 Å². The SMILES string of the molecule is COc1ccc(F)cc1C(NN)C1CCCCCC1. The van der Waals surface area contributed by atoms with Crippen molar-refractivity contribution in [2.75, 3.05) is 7.11 Å². The van der Waals surface area contributed by atoms with Crippen molar-refractivity contribution < 1.29 is 9.13 Å². The van der Waals surface area contributed by atoms with Crippen molar-refractivity contribution in [3.63, 3.8) is 0 Å². The van der Waals surface area contributed by atoms with Crippen LogP contribution in [0.1, 0.15) is 50.1 Å². The average molecular weight is 266 g/mol. The minimum atomic E-state index is -0.246. The van der Waals surface area contributed by atoms with E-state index in [0.29, 0.717) is 11.7 Å². The summed E-state index contributed by atoms with van der Waals surface area (Å²) in [4.78, 5) is 0. The van der Waals surface area contributed by atoms with E-state index in [1.54, 1.807) is 13.2 Å². The van der Waals surface area contributed by atoms with Crippen molar-refractivity contribution in [3.05, 3.63) is 29.6 Å². The zero-order valence-corrected chi connectivity index (χ0v) is 11.5. The van der Waals surface area contributed by atoms with E-state index >= 15 is 0 Å². The highest BCUT2D eigenvalue weighted by atomic mass is 19.1. The lowest BCUT2D eigenvalue weighted by Gasteiger charge is -2.27. The van der Waals surface area contributed by atoms with Crippen molar-refractivity contribution in [1.29, 1.82) is 0 Å². The first-order valence-corrected chi connectivity index (χ1v) is 7.06. The molecular weight excluding hydrogens is 243 g/mol. The molecule has 1 aliphatic carbocycles. The number of benzene rings is 1. The van der Waals surface area contributed by atoms with Crippen LogP contribution < -0.4 is 16.0 Å². The highest BCUT2D eigenvalue weighted by Gasteiger charge is 2.26. The number of hydrogen-bond donors (Lipinski definition) is 2. The summed E-state index contributed by atoms with van der Waals surface area (Å²) in [5.74, 6) is 6.64. The molecule has 0 radical (unpaired) electrons. The Kier molecular flexibility index (Phi) is 5.16. The van der Waals surface area contributed by atoms with Gasteiger partial charge in [-0.1, -0.05) is 25.7 Å². The Morgan fingerprint density at radius 1 is 1.26 bits per heavy atom. The number of nitrogens with one attached hydrogen (secondary N) is 1. The van der Waals surface area contributed by atoms with Gasteiger partial charge in [0.15, 0.2) is 0 Å². The van der Waals surface area contributed by atoms with Gasteiger partial charge in [-0.2, -0.15) is 0 Å². The van der Waals surface area contributed by atoms with Crippen LogP contribution in [-0.4, -0.2) is 7.11 Å². The zero-order valence-electron chi connectivity index (χ0n) is 11.5. The largest absolute Gasteiger partial charge is 0.496 e. The molecule has 1 aromatic carbocycles. The molecule has 0 saturated heterocycles. The van der Waals surface area contributed by atoms with Gasteiger partial charge in [-0.05, 0) is 37.0 Å². The van der Waals surface area contributed by atoms with E-state index in [1.807, 2.05) is 0 Å². The van der Waals surface area contributed by atoms with Crippen LogP contribution in [0.3, 0.4) is 0 Å². The van der Waals surface area contributed by atoms with Crippen molar-refractivity contribution in [1.82, 2.24) is 5.43 Å². The lowest BCUT2D eigenvalue weighted by atomic mass is 9.87. The van der Waals surface area contributed by atoms with Crippen LogP contribution in [0.15, 0.2) is 18.2 Å². The fourth-order valence-electron chi connectivity index (χ4n) is 3.07. The second-order valence-corrected chi connectivity index (χ2v) is 5.28. The molecule has 1 atom stereocenters. The maximum Gasteiger partial charge on any atom is 0.123 e. The molecule has 0 heterocycles. The number of hydrogen-bond acceptors (Lipinski definition) is 3. The van der Waals surface area contributed by atoms with Crippen LogP contribution in [0.25, 0.3) is 0 Å². The number of ether oxygens (including phenoxy) is 1. The zero-order chi connectivity index (χ0) is 13.7. The van der Waals surface area contributed by atoms with Gasteiger partial charge in [0.05, 0.1) is 13.2 Å². The third kappa shape index (κ3) is 3.45. The highest BCUT2D eigenvalue weighted by Crippen LogP contribution is 2.37. The van der Waals surface area contributed by atoms with Gasteiger partial charge in [0.25, 0.3) is 0 Å². The van der Waals surface area contributed by atoms with Crippen LogP contribution in [0.4, 0.5) is 4.39 Å². The van der Waals surface area contributed by atoms with Gasteiger partial charge in [-0.3, -0.25) is 11.3 Å². The summed E-state index contributed by atoms with van der Waals surface area (Å²) < 4.78 is 18.8. The van der Waals surface area contributed by atoms with Gasteiger partial charge in [0.1, 0.15) is 11.6 Å². The lowest BCUT2D eigenvalue weighted by Crippen LogP contribution is -2.34. The van der Waals surface area contributed by atoms with Crippen molar-refractivity contribution in [2.24, 2.45) is 11.8 Å². The summed E-state index contributed by atoms with van der Waals surface area (Å²) in [6, 6.07) is 4.59. The molecule has 1 unspecified atom stereocenters. The molecule has 0 aromatic heterocycles. The Bertz CT molecular complexity index is 403. The minimum Gasteiger partial charge on any atom is -0.496 e. The summed E-state index contributed by atoms with van der Waals surface area (Å²) in [5.41, 5.74) is 3.70. The lowest BCUT2D eigenvalue weighted by molar-refractivity contribution is 0.314. The van der Waals surface area contributed by atoms with Crippen molar-refractivity contribution in [2.45, 2.75) is 44.6 Å². The van der Waals surface area contributed by atoms with E-state index in [9.17, 15) is 4.39 Å². The van der Waals surface area contributed by atoms with Crippen LogP contribution in [0, 0.1) is 11.7 Å². The molecule has 106 valence electrons. The first-order valence-electron chi connectivity index (χ1n) is 7.06. The standard InChI is InChI=1S/C15H23FN2O/c1-19-14-9-8-12(16)10-13(14)15(18-17)11-6-4-2-3-5-7-11/h8-11,15,18H,2-7,17H2,1H3. The van der Waals surface area contributed by atoms with Gasteiger partial charge in [0, 0.05) is 5.56 Å². The normalized spacial score (nSPS) is 18.9. The monoisotopic (exact) mass is 266 g/mol. The molecule has 1 aliphatic rings. The maximum atomic E-state index is 13.5. The molecule has 3 nitrogen and oxygen atoms in total. The molecule has 2 rings (SSSR count). The topological polar surface area (TPSA) is 47.3 Å². The number of methoxy groups -OCH3 is 1. The number of nitrogens with two attached hydrogens (primary N) is 1. The van der Waals surface area contributed by atoms with Crippen LogP contribution in [-0.2, 0) is 0 Å². The molecule has 0 bridgehead atoms. The van der Waals surface area contributed by atoms with Gasteiger partial charge < -0.3 is 4.74 Å². The first kappa shape index (κ1) is 14.3. The Hall–Kier alpha value is -1.13. The molecule has 4 heteroatoms. The first-order chi connectivity index (χ1) is 9.26. The Labute approximate surface area is 114 Å². The van der Waals surface area contributed by atoms with Gasteiger partial charge in [-0.25, -0.2) is 4.39 Å². The summed E-state index contributed by atoms with van der Waals surface area (Å²) in [6.07, 6.45) is 7.28. The van der Waals surface area contributed by atoms with E-state index in [2.05, 4.69) is 5.43 Å². The summed E-state index contributed by atoms with van der Waals surface area (Å²) in [5, 5.41) is 0. The number of hydrazine groups is 1. The summed E-state index contributed by atoms with van der Waals surface area (Å²) in [7, 11) is 1.61. The third-order valence-corrected chi connectivity index (χ3v) is 4.08. The van der Waals surface area contributed by atoms with Crippen LogP contribution >= 0.6 is 0 Å². The quantitative estimate of drug-likeness (QED) is 0.499. The van der Waals surface area contributed by atoms with Gasteiger partial charge >= 0.3 is 0 Å². The molecular formula is C15H23FN2O. The molecule has 3 N–H and O–H groups in total. The Morgan fingerprint density at radius 2 is 1.95 bits per heavy atom. The molecule has 0 spiro atoms. The number of rotatable bonds is 4. The number of halogens is 1. The summed E-state index contributed by atoms with van der Waals surface area (Å²) >= 11 is 0. The van der Waals surface area contributed by atoms with Crippen LogP contribution in [0.2, 0.25) is 0 Å². The molecule has 1 saturated carbocycles. The molecule has 1 aromatic rings. The Morgan fingerprint density at radius 3 is 2.53 bits per heavy atom. The van der Waals surface area contributed by atoms with E-state index in [1.165, 1.54) is 37.8 Å². The van der Waals surface area contributed by atoms with Gasteiger partial charge in [-0.15, -0.1) is 0 Å². The maximum absolute atomic E-state index is 13.5. The smallest absolute Gasteiger partial charge is 0.123 e. The van der Waals surface area contributed by atoms with Crippen molar-refractivity contribution in [3.8, 4) is 5.75 Å². The molecule has 19 heavy (non-hydrogen) atoms. The molecule has 0 aliphatic heterocycles. The molecule has 0 amide bonds. The van der Waals surface area contributed by atoms with Crippen molar-refractivity contribution >= 4 is 0 Å². The fourth-order valence-corrected chi connectivity index (χ4v) is 3.07. The predicted octanol–water partition coefficient (Wildman–Crippen LogP) is 3.31. The molecule has 1 fully saturated rings. The fraction of sp³-hybridized carbons (Fsp3) is 0.600. The second kappa shape index (κ2) is 6.87. The van der Waals surface area contributed by atoms with E-state index < -0.39 is 0 Å². The van der Waals surface area contributed by atoms with Crippen LogP contribution in [0.5, 0.6) is 5.75 Å². The predicted molar refractivity (Wildman–Crippen MR) is 74.2 cm³/mol. The minimum absolute atomic E-state index is 0.0382. The Balaban J connectivity index is 2.26. The van der Waals surface area contributed by atoms with E-state index in [4.69, 9.17) is 10.6 Å². The van der Waals surface area contributed by atoms with E-state index in [0.717, 1.165) is 18.4 Å². The highest BCUT2D eigenvalue weighted by molar-refractivity contribution is 5.36. The summed E-state index contributed by atoms with van der Waals surface area (Å²) in [6.45, 7) is 0. The average Bonchev–Trinajstić information content (AvgIpc) is 2.69.